The fourth-order valence-corrected chi connectivity index (χ4v) is 1.23. The molecule has 3 nitrogen and oxygen atoms in total. The first-order chi connectivity index (χ1) is 6.25. The Labute approximate surface area is 78.5 Å². The van der Waals surface area contributed by atoms with Crippen LogP contribution in [0.15, 0.2) is 16.8 Å². The summed E-state index contributed by atoms with van der Waals surface area (Å²) >= 11 is 0. The van der Waals surface area contributed by atoms with Crippen molar-refractivity contribution >= 4 is 11.7 Å². The molecule has 0 radical (unpaired) electrons. The first-order valence-corrected chi connectivity index (χ1v) is 4.72. The molecule has 0 aromatic rings. The molecule has 13 heavy (non-hydrogen) atoms. The van der Waals surface area contributed by atoms with Crippen LogP contribution in [0, 0.1) is 0 Å². The number of carbonyl (C=O) groups excluding carboxylic acids is 1. The van der Waals surface area contributed by atoms with E-state index in [4.69, 9.17) is 0 Å². The lowest BCUT2D eigenvalue weighted by Crippen LogP contribution is -2.01. The molecule has 1 aliphatic rings. The molecule has 0 aliphatic carbocycles. The average molecular weight is 181 g/mol. The molecule has 0 spiro atoms. The molecule has 3 heteroatoms. The van der Waals surface area contributed by atoms with Crippen molar-refractivity contribution in [3.05, 3.63) is 11.6 Å². The van der Waals surface area contributed by atoms with Crippen LogP contribution in [0.3, 0.4) is 0 Å². The van der Waals surface area contributed by atoms with Gasteiger partial charge in [0.15, 0.2) is 0 Å². The summed E-state index contributed by atoms with van der Waals surface area (Å²) in [6, 6.07) is 0. The van der Waals surface area contributed by atoms with E-state index in [1.165, 1.54) is 12.8 Å². The lowest BCUT2D eigenvalue weighted by molar-refractivity contribution is -0.136. The van der Waals surface area contributed by atoms with Gasteiger partial charge in [0.25, 0.3) is 0 Å². The zero-order chi connectivity index (χ0) is 9.68. The van der Waals surface area contributed by atoms with Gasteiger partial charge in [0.1, 0.15) is 0 Å². The molecule has 0 atom stereocenters. The van der Waals surface area contributed by atoms with Crippen molar-refractivity contribution < 1.29 is 9.63 Å². The monoisotopic (exact) mass is 181 g/mol. The van der Waals surface area contributed by atoms with Gasteiger partial charge in [-0.05, 0) is 19.8 Å². The quantitative estimate of drug-likeness (QED) is 0.379. The third-order valence-corrected chi connectivity index (χ3v) is 2.03. The van der Waals surface area contributed by atoms with Crippen molar-refractivity contribution in [2.24, 2.45) is 5.16 Å². The number of carbonyl (C=O) groups is 1. The normalized spacial score (nSPS) is 19.1. The van der Waals surface area contributed by atoms with Gasteiger partial charge in [0.05, 0.1) is 11.3 Å². The van der Waals surface area contributed by atoms with Crippen LogP contribution in [0.5, 0.6) is 0 Å². The summed E-state index contributed by atoms with van der Waals surface area (Å²) in [5, 5.41) is 3.60. The Morgan fingerprint density at radius 3 is 2.77 bits per heavy atom. The highest BCUT2D eigenvalue weighted by molar-refractivity contribution is 6.21. The minimum Gasteiger partial charge on any atom is -0.312 e. The molecule has 1 heterocycles. The minimum absolute atomic E-state index is 0.311. The lowest BCUT2D eigenvalue weighted by atomic mass is 10.1. The Hall–Kier alpha value is -1.12. The highest BCUT2D eigenvalue weighted by Crippen LogP contribution is 2.12. The molecule has 72 valence electrons. The number of rotatable bonds is 4. The van der Waals surface area contributed by atoms with Crippen LogP contribution in [0.1, 0.15) is 39.5 Å². The van der Waals surface area contributed by atoms with Gasteiger partial charge in [-0.3, -0.25) is 0 Å². The maximum absolute atomic E-state index is 11.0. The number of allylic oxidation sites excluding steroid dienone is 1. The van der Waals surface area contributed by atoms with E-state index in [1.807, 2.05) is 6.08 Å². The molecule has 0 bridgehead atoms. The highest BCUT2D eigenvalue weighted by atomic mass is 16.7. The molecule has 0 N–H and O–H groups in total. The largest absolute Gasteiger partial charge is 0.367 e. The Morgan fingerprint density at radius 1 is 1.46 bits per heavy atom. The van der Waals surface area contributed by atoms with Crippen molar-refractivity contribution in [3.63, 3.8) is 0 Å². The van der Waals surface area contributed by atoms with Crippen LogP contribution in [0.4, 0.5) is 0 Å². The van der Waals surface area contributed by atoms with Crippen LogP contribution in [0.25, 0.3) is 0 Å². The zero-order valence-corrected chi connectivity index (χ0v) is 8.17. The standard InChI is InChI=1S/C10H15NO2/c1-3-4-5-6-7-9-8(2)11-13-10(9)12/h7H,3-6H2,1-2H3/b9-7+. The van der Waals surface area contributed by atoms with Gasteiger partial charge in [0.2, 0.25) is 0 Å². The molecular formula is C10H15NO2. The van der Waals surface area contributed by atoms with E-state index in [2.05, 4.69) is 16.9 Å². The maximum Gasteiger partial charge on any atom is 0.367 e. The maximum atomic E-state index is 11.0. The Bertz CT molecular complexity index is 254. The second kappa shape index (κ2) is 4.80. The van der Waals surface area contributed by atoms with Crippen molar-refractivity contribution in [1.29, 1.82) is 0 Å². The lowest BCUT2D eigenvalue weighted by Gasteiger charge is -1.94. The van der Waals surface area contributed by atoms with Gasteiger partial charge in [-0.1, -0.05) is 31.0 Å². The number of oxime groups is 1. The van der Waals surface area contributed by atoms with Crippen LogP contribution in [-0.2, 0) is 9.63 Å². The molecule has 0 aromatic carbocycles. The number of hydrogen-bond donors (Lipinski definition) is 0. The summed E-state index contributed by atoms with van der Waals surface area (Å²) in [5.41, 5.74) is 1.33. The van der Waals surface area contributed by atoms with Crippen molar-refractivity contribution in [2.75, 3.05) is 0 Å². The summed E-state index contributed by atoms with van der Waals surface area (Å²) in [6.45, 7) is 3.94. The van der Waals surface area contributed by atoms with Crippen LogP contribution in [-0.4, -0.2) is 11.7 Å². The highest BCUT2D eigenvalue weighted by Gasteiger charge is 2.20. The molecule has 0 fully saturated rings. The summed E-state index contributed by atoms with van der Waals surface area (Å²) in [6.07, 6.45) is 6.38. The van der Waals surface area contributed by atoms with Gasteiger partial charge < -0.3 is 4.84 Å². The van der Waals surface area contributed by atoms with Gasteiger partial charge in [-0.15, -0.1) is 0 Å². The van der Waals surface area contributed by atoms with Gasteiger partial charge in [0, 0.05) is 0 Å². The third kappa shape index (κ3) is 2.68. The smallest absolute Gasteiger partial charge is 0.312 e. The third-order valence-electron chi connectivity index (χ3n) is 2.03. The summed E-state index contributed by atoms with van der Waals surface area (Å²) in [7, 11) is 0. The van der Waals surface area contributed by atoms with E-state index < -0.39 is 0 Å². The van der Waals surface area contributed by atoms with E-state index in [1.54, 1.807) is 6.92 Å². The van der Waals surface area contributed by atoms with Crippen LogP contribution >= 0.6 is 0 Å². The van der Waals surface area contributed by atoms with Crippen molar-refractivity contribution in [1.82, 2.24) is 0 Å². The predicted molar refractivity (Wildman–Crippen MR) is 51.4 cm³/mol. The van der Waals surface area contributed by atoms with Crippen LogP contribution < -0.4 is 0 Å². The minimum atomic E-state index is -0.311. The van der Waals surface area contributed by atoms with E-state index in [-0.39, 0.29) is 5.97 Å². The van der Waals surface area contributed by atoms with Crippen molar-refractivity contribution in [2.45, 2.75) is 39.5 Å². The number of nitrogens with zero attached hydrogens (tertiary/aromatic N) is 1. The second-order valence-corrected chi connectivity index (χ2v) is 3.17. The van der Waals surface area contributed by atoms with Crippen molar-refractivity contribution in [3.8, 4) is 0 Å². The molecule has 0 amide bonds. The fourth-order valence-electron chi connectivity index (χ4n) is 1.23. The summed E-state index contributed by atoms with van der Waals surface area (Å²) in [5.74, 6) is -0.311. The zero-order valence-electron chi connectivity index (χ0n) is 8.17. The van der Waals surface area contributed by atoms with Gasteiger partial charge in [-0.2, -0.15) is 0 Å². The van der Waals surface area contributed by atoms with Gasteiger partial charge >= 0.3 is 5.97 Å². The Balaban J connectivity index is 2.41. The molecule has 0 unspecified atom stereocenters. The molecule has 0 saturated carbocycles. The topological polar surface area (TPSA) is 38.7 Å². The molecule has 1 aliphatic heterocycles. The molecule has 0 aromatic heterocycles. The van der Waals surface area contributed by atoms with E-state index in [0.29, 0.717) is 11.3 Å². The number of unbranched alkanes of at least 4 members (excludes halogenated alkanes) is 3. The van der Waals surface area contributed by atoms with Crippen LogP contribution in [0.2, 0.25) is 0 Å². The summed E-state index contributed by atoms with van der Waals surface area (Å²) in [4.78, 5) is 15.6. The van der Waals surface area contributed by atoms with E-state index in [0.717, 1.165) is 12.8 Å². The fraction of sp³-hybridized carbons (Fsp3) is 0.600. The predicted octanol–water partition coefficient (Wildman–Crippen LogP) is 2.43. The first-order valence-electron chi connectivity index (χ1n) is 4.72. The molecule has 1 rings (SSSR count). The Morgan fingerprint density at radius 2 is 2.23 bits per heavy atom. The number of hydrogen-bond acceptors (Lipinski definition) is 3. The van der Waals surface area contributed by atoms with Gasteiger partial charge in [-0.25, -0.2) is 4.79 Å². The second-order valence-electron chi connectivity index (χ2n) is 3.17. The average Bonchev–Trinajstić information content (AvgIpc) is 2.42. The first kappa shape index (κ1) is 9.96. The SMILES string of the molecule is CCCCC/C=C1/C(=O)ON=C1C. The summed E-state index contributed by atoms with van der Waals surface area (Å²) < 4.78 is 0. The van der Waals surface area contributed by atoms with E-state index in [9.17, 15) is 4.79 Å². The molecular weight excluding hydrogens is 166 g/mol. The Kier molecular flexibility index (Phi) is 3.68. The molecule has 0 saturated heterocycles. The van der Waals surface area contributed by atoms with E-state index >= 15 is 0 Å².